The molecule has 0 bridgehead atoms. The summed E-state index contributed by atoms with van der Waals surface area (Å²) in [5.41, 5.74) is 1.10. The summed E-state index contributed by atoms with van der Waals surface area (Å²) in [7, 11) is 0. The molecule has 118 valence electrons. The van der Waals surface area contributed by atoms with Gasteiger partial charge in [-0.1, -0.05) is 12.1 Å². The molecular weight excluding hydrogens is 278 g/mol. The van der Waals surface area contributed by atoms with E-state index >= 15 is 0 Å². The molecule has 0 saturated carbocycles. The smallest absolute Gasteiger partial charge is 0.118 e. The maximum absolute atomic E-state index is 9.64. The maximum Gasteiger partial charge on any atom is 0.118 e. The Kier molecular flexibility index (Phi) is 4.80. The molecule has 4 heteroatoms. The predicted molar refractivity (Wildman–Crippen MR) is 84.6 cm³/mol. The second kappa shape index (κ2) is 6.99. The van der Waals surface area contributed by atoms with E-state index in [1.165, 1.54) is 0 Å². The standard InChI is InChI=1S/C18H23NO3/c1-14-7-8-18(22-14)13-19(12-17-6-3-9-21-17)11-15-4-2-5-16(20)10-15/h2,4-5,7-8,10,17,20H,3,6,9,11-13H2,1H3. The molecule has 1 aromatic heterocycles. The van der Waals surface area contributed by atoms with Crippen LogP contribution in [0.3, 0.4) is 0 Å². The van der Waals surface area contributed by atoms with E-state index in [9.17, 15) is 5.11 Å². The number of phenolic OH excluding ortho intramolecular Hbond substituents is 1. The Balaban J connectivity index is 1.69. The Morgan fingerprint density at radius 2 is 2.14 bits per heavy atom. The molecule has 1 aliphatic rings. The van der Waals surface area contributed by atoms with Gasteiger partial charge in [-0.05, 0) is 49.6 Å². The molecule has 22 heavy (non-hydrogen) atoms. The summed E-state index contributed by atoms with van der Waals surface area (Å²) in [6, 6.07) is 11.5. The van der Waals surface area contributed by atoms with E-state index in [1.807, 2.05) is 37.3 Å². The molecule has 2 aromatic rings. The third-order valence-corrected chi connectivity index (χ3v) is 3.98. The predicted octanol–water partition coefficient (Wildman–Crippen LogP) is 3.47. The molecule has 1 aliphatic heterocycles. The molecule has 1 unspecified atom stereocenters. The van der Waals surface area contributed by atoms with Crippen LogP contribution < -0.4 is 0 Å². The number of furan rings is 1. The lowest BCUT2D eigenvalue weighted by molar-refractivity contribution is 0.0654. The van der Waals surface area contributed by atoms with Crippen LogP contribution in [0, 0.1) is 6.92 Å². The minimum Gasteiger partial charge on any atom is -0.508 e. The van der Waals surface area contributed by atoms with Crippen LogP contribution in [-0.2, 0) is 17.8 Å². The molecule has 3 rings (SSSR count). The Morgan fingerprint density at radius 1 is 1.23 bits per heavy atom. The van der Waals surface area contributed by atoms with Crippen LogP contribution in [0.25, 0.3) is 0 Å². The molecule has 0 radical (unpaired) electrons. The molecule has 0 spiro atoms. The second-order valence-corrected chi connectivity index (χ2v) is 5.99. The van der Waals surface area contributed by atoms with Crippen molar-refractivity contribution in [3.8, 4) is 5.75 Å². The number of aromatic hydroxyl groups is 1. The summed E-state index contributed by atoms with van der Waals surface area (Å²) >= 11 is 0. The van der Waals surface area contributed by atoms with Gasteiger partial charge in [0.15, 0.2) is 0 Å². The van der Waals surface area contributed by atoms with E-state index in [0.717, 1.165) is 56.2 Å². The number of hydrogen-bond donors (Lipinski definition) is 1. The van der Waals surface area contributed by atoms with Gasteiger partial charge < -0.3 is 14.3 Å². The molecular formula is C18H23NO3. The summed E-state index contributed by atoms with van der Waals surface area (Å²) in [4.78, 5) is 2.32. The minimum atomic E-state index is 0.299. The SMILES string of the molecule is Cc1ccc(CN(Cc2cccc(O)c2)CC2CCCO2)o1. The highest BCUT2D eigenvalue weighted by Gasteiger charge is 2.20. The van der Waals surface area contributed by atoms with E-state index in [1.54, 1.807) is 6.07 Å². The van der Waals surface area contributed by atoms with Gasteiger partial charge in [0.05, 0.1) is 12.6 Å². The van der Waals surface area contributed by atoms with E-state index < -0.39 is 0 Å². The summed E-state index contributed by atoms with van der Waals surface area (Å²) in [6.45, 7) is 5.24. The highest BCUT2D eigenvalue weighted by Crippen LogP contribution is 2.19. The zero-order valence-electron chi connectivity index (χ0n) is 13.0. The van der Waals surface area contributed by atoms with Crippen molar-refractivity contribution in [1.29, 1.82) is 0 Å². The van der Waals surface area contributed by atoms with Crippen molar-refractivity contribution in [3.05, 3.63) is 53.5 Å². The van der Waals surface area contributed by atoms with Gasteiger partial charge in [-0.3, -0.25) is 4.90 Å². The van der Waals surface area contributed by atoms with Crippen LogP contribution in [0.15, 0.2) is 40.8 Å². The molecule has 1 saturated heterocycles. The van der Waals surface area contributed by atoms with Crippen molar-refractivity contribution in [3.63, 3.8) is 0 Å². The van der Waals surface area contributed by atoms with Crippen LogP contribution in [-0.4, -0.2) is 29.3 Å². The average Bonchev–Trinajstić information content (AvgIpc) is 3.11. The van der Waals surface area contributed by atoms with Gasteiger partial charge in [-0.2, -0.15) is 0 Å². The number of aryl methyl sites for hydroxylation is 1. The largest absolute Gasteiger partial charge is 0.508 e. The zero-order valence-corrected chi connectivity index (χ0v) is 13.0. The van der Waals surface area contributed by atoms with Crippen molar-refractivity contribution in [2.45, 2.75) is 39.0 Å². The number of benzene rings is 1. The number of nitrogens with zero attached hydrogens (tertiary/aromatic N) is 1. The quantitative estimate of drug-likeness (QED) is 0.887. The molecule has 4 nitrogen and oxygen atoms in total. The zero-order chi connectivity index (χ0) is 15.4. The molecule has 1 fully saturated rings. The maximum atomic E-state index is 9.64. The van der Waals surface area contributed by atoms with E-state index in [0.29, 0.717) is 11.9 Å². The lowest BCUT2D eigenvalue weighted by Gasteiger charge is -2.24. The number of rotatable bonds is 6. The van der Waals surface area contributed by atoms with E-state index in [2.05, 4.69) is 4.90 Å². The number of hydrogen-bond acceptors (Lipinski definition) is 4. The fraction of sp³-hybridized carbons (Fsp3) is 0.444. The normalized spacial score (nSPS) is 18.2. The topological polar surface area (TPSA) is 45.8 Å². The van der Waals surface area contributed by atoms with Gasteiger partial charge in [-0.25, -0.2) is 0 Å². The van der Waals surface area contributed by atoms with E-state index in [-0.39, 0.29) is 0 Å². The molecule has 0 aliphatic carbocycles. The van der Waals surface area contributed by atoms with Gasteiger partial charge in [0.1, 0.15) is 17.3 Å². The highest BCUT2D eigenvalue weighted by atomic mass is 16.5. The van der Waals surface area contributed by atoms with Crippen LogP contribution >= 0.6 is 0 Å². The lowest BCUT2D eigenvalue weighted by Crippen LogP contribution is -2.31. The fourth-order valence-electron chi connectivity index (χ4n) is 2.96. The fourth-order valence-corrected chi connectivity index (χ4v) is 2.96. The molecule has 2 heterocycles. The molecule has 1 N–H and O–H groups in total. The van der Waals surface area contributed by atoms with Crippen molar-refractivity contribution in [1.82, 2.24) is 4.90 Å². The van der Waals surface area contributed by atoms with Crippen LogP contribution in [0.1, 0.15) is 29.9 Å². The number of ether oxygens (including phenoxy) is 1. The summed E-state index contributed by atoms with van der Waals surface area (Å²) in [5, 5.41) is 9.64. The third kappa shape index (κ3) is 4.12. The Labute approximate surface area is 131 Å². The van der Waals surface area contributed by atoms with Crippen molar-refractivity contribution in [2.24, 2.45) is 0 Å². The first kappa shape index (κ1) is 15.1. The summed E-state index contributed by atoms with van der Waals surface area (Å²) in [5.74, 6) is 2.21. The second-order valence-electron chi connectivity index (χ2n) is 5.99. The first-order chi connectivity index (χ1) is 10.7. The van der Waals surface area contributed by atoms with Crippen molar-refractivity contribution in [2.75, 3.05) is 13.2 Å². The minimum absolute atomic E-state index is 0.299. The molecule has 1 aromatic carbocycles. The molecule has 0 amide bonds. The summed E-state index contributed by atoms with van der Waals surface area (Å²) < 4.78 is 11.5. The van der Waals surface area contributed by atoms with Gasteiger partial charge >= 0.3 is 0 Å². The monoisotopic (exact) mass is 301 g/mol. The first-order valence-electron chi connectivity index (χ1n) is 7.86. The van der Waals surface area contributed by atoms with E-state index in [4.69, 9.17) is 9.15 Å². The Hall–Kier alpha value is -1.78. The summed E-state index contributed by atoms with van der Waals surface area (Å²) in [6.07, 6.45) is 2.56. The van der Waals surface area contributed by atoms with Crippen LogP contribution in [0.5, 0.6) is 5.75 Å². The van der Waals surface area contributed by atoms with Gasteiger partial charge in [0.2, 0.25) is 0 Å². The van der Waals surface area contributed by atoms with Gasteiger partial charge in [-0.15, -0.1) is 0 Å². The van der Waals surface area contributed by atoms with Crippen LogP contribution in [0.4, 0.5) is 0 Å². The number of phenols is 1. The lowest BCUT2D eigenvalue weighted by atomic mass is 10.1. The highest BCUT2D eigenvalue weighted by molar-refractivity contribution is 5.27. The van der Waals surface area contributed by atoms with Gasteiger partial charge in [0, 0.05) is 19.7 Å². The first-order valence-corrected chi connectivity index (χ1v) is 7.86. The van der Waals surface area contributed by atoms with Crippen molar-refractivity contribution < 1.29 is 14.3 Å². The van der Waals surface area contributed by atoms with Crippen LogP contribution in [0.2, 0.25) is 0 Å². The Morgan fingerprint density at radius 3 is 2.82 bits per heavy atom. The average molecular weight is 301 g/mol. The molecule has 1 atom stereocenters. The van der Waals surface area contributed by atoms with Gasteiger partial charge in [0.25, 0.3) is 0 Å². The third-order valence-electron chi connectivity index (χ3n) is 3.98. The Bertz CT molecular complexity index is 602. The van der Waals surface area contributed by atoms with Crippen molar-refractivity contribution >= 4 is 0 Å².